The smallest absolute Gasteiger partial charge is 0.228 e. The third-order valence-electron chi connectivity index (χ3n) is 3.37. The molecule has 0 aliphatic heterocycles. The first-order chi connectivity index (χ1) is 11.0. The van der Waals surface area contributed by atoms with Crippen molar-refractivity contribution in [3.8, 4) is 11.5 Å². The molecule has 1 heterocycles. The highest BCUT2D eigenvalue weighted by Gasteiger charge is 2.13. The van der Waals surface area contributed by atoms with Gasteiger partial charge in [-0.15, -0.1) is 0 Å². The van der Waals surface area contributed by atoms with Crippen LogP contribution in [0, 0.1) is 5.92 Å². The third kappa shape index (κ3) is 3.54. The first-order valence-electron chi connectivity index (χ1n) is 7.48. The molecule has 3 rings (SSSR count). The van der Waals surface area contributed by atoms with E-state index >= 15 is 0 Å². The number of aromatic nitrogens is 1. The van der Waals surface area contributed by atoms with Crippen LogP contribution in [0.15, 0.2) is 46.9 Å². The molecule has 3 aromatic rings. The topological polar surface area (TPSA) is 55.1 Å². The van der Waals surface area contributed by atoms with Crippen LogP contribution < -0.4 is 5.32 Å². The van der Waals surface area contributed by atoms with E-state index in [4.69, 9.17) is 16.0 Å². The van der Waals surface area contributed by atoms with Crippen LogP contribution in [-0.2, 0) is 4.79 Å². The fourth-order valence-corrected chi connectivity index (χ4v) is 2.54. The lowest BCUT2D eigenvalue weighted by Crippen LogP contribution is -2.13. The zero-order valence-electron chi connectivity index (χ0n) is 13.0. The predicted octanol–water partition coefficient (Wildman–Crippen LogP) is 5.13. The lowest BCUT2D eigenvalue weighted by molar-refractivity contribution is -0.116. The summed E-state index contributed by atoms with van der Waals surface area (Å²) in [6, 6.07) is 12.8. The van der Waals surface area contributed by atoms with E-state index in [1.165, 1.54) is 0 Å². The second-order valence-electron chi connectivity index (χ2n) is 5.83. The van der Waals surface area contributed by atoms with Crippen molar-refractivity contribution in [2.24, 2.45) is 5.92 Å². The molecule has 1 amide bonds. The number of carbonyl (C=O) groups is 1. The highest BCUT2D eigenvalue weighted by molar-refractivity contribution is 6.33. The number of carbonyl (C=O) groups excluding carboxylic acids is 1. The van der Waals surface area contributed by atoms with Gasteiger partial charge in [-0.05, 0) is 36.2 Å². The number of fused-ring (bicyclic) bond motifs is 1. The summed E-state index contributed by atoms with van der Waals surface area (Å²) in [5, 5.41) is 3.40. The molecule has 0 aliphatic carbocycles. The molecule has 2 aromatic carbocycles. The Morgan fingerprint density at radius 3 is 2.78 bits per heavy atom. The average molecular weight is 329 g/mol. The minimum absolute atomic E-state index is 0.0224. The molecule has 0 bridgehead atoms. The van der Waals surface area contributed by atoms with Gasteiger partial charge >= 0.3 is 0 Å². The number of anilines is 1. The van der Waals surface area contributed by atoms with Gasteiger partial charge in [0.15, 0.2) is 5.58 Å². The van der Waals surface area contributed by atoms with Crippen molar-refractivity contribution >= 4 is 34.3 Å². The van der Waals surface area contributed by atoms with Crippen molar-refractivity contribution in [1.29, 1.82) is 0 Å². The Hall–Kier alpha value is -2.33. The Morgan fingerprint density at radius 1 is 1.26 bits per heavy atom. The summed E-state index contributed by atoms with van der Waals surface area (Å²) in [5.41, 5.74) is 2.81. The summed E-state index contributed by atoms with van der Waals surface area (Å²) in [7, 11) is 0. The maximum Gasteiger partial charge on any atom is 0.228 e. The molecule has 0 atom stereocenters. The summed E-state index contributed by atoms with van der Waals surface area (Å²) >= 11 is 6.27. The van der Waals surface area contributed by atoms with E-state index in [0.717, 1.165) is 5.52 Å². The van der Waals surface area contributed by atoms with Crippen LogP contribution in [0.1, 0.15) is 20.3 Å². The van der Waals surface area contributed by atoms with Crippen LogP contribution in [0.5, 0.6) is 0 Å². The van der Waals surface area contributed by atoms with Gasteiger partial charge in [-0.1, -0.05) is 37.6 Å². The lowest BCUT2D eigenvalue weighted by atomic mass is 10.1. The van der Waals surface area contributed by atoms with E-state index in [9.17, 15) is 4.79 Å². The second kappa shape index (κ2) is 6.42. The van der Waals surface area contributed by atoms with Gasteiger partial charge < -0.3 is 9.73 Å². The van der Waals surface area contributed by atoms with Crippen LogP contribution in [0.3, 0.4) is 0 Å². The summed E-state index contributed by atoms with van der Waals surface area (Å²) in [4.78, 5) is 16.4. The molecule has 4 nitrogen and oxygen atoms in total. The number of nitrogens with one attached hydrogen (secondary N) is 1. The van der Waals surface area contributed by atoms with Crippen molar-refractivity contribution in [3.05, 3.63) is 47.5 Å². The van der Waals surface area contributed by atoms with E-state index in [1.807, 2.05) is 38.1 Å². The zero-order valence-corrected chi connectivity index (χ0v) is 13.7. The van der Waals surface area contributed by atoms with E-state index in [2.05, 4.69) is 10.3 Å². The van der Waals surface area contributed by atoms with E-state index < -0.39 is 0 Å². The molecule has 1 N–H and O–H groups in total. The fourth-order valence-electron chi connectivity index (χ4n) is 2.34. The van der Waals surface area contributed by atoms with Gasteiger partial charge in [-0.3, -0.25) is 4.79 Å². The van der Waals surface area contributed by atoms with Crippen LogP contribution in [0.25, 0.3) is 22.6 Å². The number of nitrogens with zero attached hydrogens (tertiary/aromatic N) is 1. The number of amides is 1. The van der Waals surface area contributed by atoms with Crippen LogP contribution in [0.2, 0.25) is 5.02 Å². The second-order valence-corrected chi connectivity index (χ2v) is 6.23. The van der Waals surface area contributed by atoms with Gasteiger partial charge in [0.25, 0.3) is 0 Å². The molecule has 0 aliphatic rings. The highest BCUT2D eigenvalue weighted by Crippen LogP contribution is 2.32. The Bertz CT molecular complexity index is 822. The number of hydrogen-bond acceptors (Lipinski definition) is 3. The Kier molecular flexibility index (Phi) is 4.35. The summed E-state index contributed by atoms with van der Waals surface area (Å²) < 4.78 is 5.75. The average Bonchev–Trinajstić information content (AvgIpc) is 2.92. The molecule has 118 valence electrons. The van der Waals surface area contributed by atoms with E-state index in [-0.39, 0.29) is 5.91 Å². The normalized spacial score (nSPS) is 11.1. The molecule has 0 saturated heterocycles. The van der Waals surface area contributed by atoms with Gasteiger partial charge in [-0.25, -0.2) is 4.98 Å². The maximum atomic E-state index is 11.9. The lowest BCUT2D eigenvalue weighted by Gasteiger charge is -2.09. The quantitative estimate of drug-likeness (QED) is 0.722. The molecule has 23 heavy (non-hydrogen) atoms. The van der Waals surface area contributed by atoms with Gasteiger partial charge in [0, 0.05) is 12.1 Å². The third-order valence-corrected chi connectivity index (χ3v) is 3.70. The predicted molar refractivity (Wildman–Crippen MR) is 92.5 cm³/mol. The van der Waals surface area contributed by atoms with Crippen molar-refractivity contribution in [1.82, 2.24) is 4.98 Å². The summed E-state index contributed by atoms with van der Waals surface area (Å²) in [6.07, 6.45) is 0.473. The molecular formula is C18H17ClN2O2. The fraction of sp³-hybridized carbons (Fsp3) is 0.222. The van der Waals surface area contributed by atoms with Gasteiger partial charge in [0.2, 0.25) is 11.8 Å². The standard InChI is InChI=1S/C18H17ClN2O2/c1-11(2)9-17(22)20-12-7-8-14(19)13(10-12)18-21-15-5-3-4-6-16(15)23-18/h3-8,10-11H,9H2,1-2H3,(H,20,22). The molecular weight excluding hydrogens is 312 g/mol. The molecule has 5 heteroatoms. The minimum atomic E-state index is -0.0224. The molecule has 0 radical (unpaired) electrons. The van der Waals surface area contributed by atoms with Gasteiger partial charge in [-0.2, -0.15) is 0 Å². The Morgan fingerprint density at radius 2 is 2.04 bits per heavy atom. The number of benzene rings is 2. The summed E-state index contributed by atoms with van der Waals surface area (Å²) in [6.45, 7) is 4.01. The molecule has 1 aromatic heterocycles. The SMILES string of the molecule is CC(C)CC(=O)Nc1ccc(Cl)c(-c2nc3ccccc3o2)c1. The monoisotopic (exact) mass is 328 g/mol. The first kappa shape index (κ1) is 15.6. The van der Waals surface area contributed by atoms with E-state index in [0.29, 0.717) is 40.1 Å². The van der Waals surface area contributed by atoms with Gasteiger partial charge in [0.05, 0.1) is 10.6 Å². The highest BCUT2D eigenvalue weighted by atomic mass is 35.5. The number of rotatable bonds is 4. The Labute approximate surface area is 139 Å². The molecule has 0 fully saturated rings. The van der Waals surface area contributed by atoms with Crippen molar-refractivity contribution < 1.29 is 9.21 Å². The Balaban J connectivity index is 1.92. The molecule has 0 saturated carbocycles. The van der Waals surface area contributed by atoms with Crippen LogP contribution >= 0.6 is 11.6 Å². The first-order valence-corrected chi connectivity index (χ1v) is 7.86. The van der Waals surface area contributed by atoms with E-state index in [1.54, 1.807) is 18.2 Å². The summed E-state index contributed by atoms with van der Waals surface area (Å²) in [5.74, 6) is 0.723. The zero-order chi connectivity index (χ0) is 16.4. The number of oxazole rings is 1. The molecule has 0 unspecified atom stereocenters. The largest absolute Gasteiger partial charge is 0.436 e. The van der Waals surface area contributed by atoms with Crippen molar-refractivity contribution in [2.45, 2.75) is 20.3 Å². The number of hydrogen-bond donors (Lipinski definition) is 1. The van der Waals surface area contributed by atoms with Crippen LogP contribution in [0.4, 0.5) is 5.69 Å². The van der Waals surface area contributed by atoms with Crippen molar-refractivity contribution in [3.63, 3.8) is 0 Å². The molecule has 0 spiro atoms. The van der Waals surface area contributed by atoms with Gasteiger partial charge in [0.1, 0.15) is 5.52 Å². The minimum Gasteiger partial charge on any atom is -0.436 e. The van der Waals surface area contributed by atoms with Crippen LogP contribution in [-0.4, -0.2) is 10.9 Å². The van der Waals surface area contributed by atoms with Crippen molar-refractivity contribution in [2.75, 3.05) is 5.32 Å². The number of para-hydroxylation sites is 2. The number of halogens is 1. The maximum absolute atomic E-state index is 11.9.